The highest BCUT2D eigenvalue weighted by Gasteiger charge is 2.32. The van der Waals surface area contributed by atoms with Crippen LogP contribution in [0.5, 0.6) is 0 Å². The fourth-order valence-electron chi connectivity index (χ4n) is 1.95. The number of nitrogens with zero attached hydrogens (tertiary/aromatic N) is 1. The Labute approximate surface area is 112 Å². The quantitative estimate of drug-likeness (QED) is 0.844. The Hall–Kier alpha value is -1.59. The summed E-state index contributed by atoms with van der Waals surface area (Å²) in [5, 5.41) is 8.60. The van der Waals surface area contributed by atoms with Gasteiger partial charge in [0.25, 0.3) is 0 Å². The van der Waals surface area contributed by atoms with Crippen LogP contribution in [-0.2, 0) is 14.3 Å². The zero-order chi connectivity index (χ0) is 14.6. The van der Waals surface area contributed by atoms with Crippen LogP contribution in [0.1, 0.15) is 40.0 Å². The molecule has 108 valence electrons. The van der Waals surface area contributed by atoms with Gasteiger partial charge in [0.2, 0.25) is 0 Å². The molecule has 6 nitrogen and oxygen atoms in total. The normalized spacial score (nSPS) is 20.3. The molecule has 0 radical (unpaired) electrons. The van der Waals surface area contributed by atoms with Crippen molar-refractivity contribution in [2.75, 3.05) is 13.1 Å². The second-order valence-corrected chi connectivity index (χ2v) is 5.79. The van der Waals surface area contributed by atoms with Crippen molar-refractivity contribution in [1.29, 1.82) is 0 Å². The first-order valence-corrected chi connectivity index (χ1v) is 6.41. The van der Waals surface area contributed by atoms with Crippen LogP contribution in [0.2, 0.25) is 0 Å². The Morgan fingerprint density at radius 2 is 2.05 bits per heavy atom. The predicted octanol–water partition coefficient (Wildman–Crippen LogP) is 1.68. The molecule has 0 spiro atoms. The van der Waals surface area contributed by atoms with Gasteiger partial charge in [-0.1, -0.05) is 0 Å². The molecule has 1 N–H and O–H groups in total. The average molecular weight is 271 g/mol. The molecular weight excluding hydrogens is 250 g/mol. The number of ketones is 1. The third-order valence-corrected chi connectivity index (χ3v) is 2.91. The van der Waals surface area contributed by atoms with E-state index in [9.17, 15) is 14.4 Å². The minimum Gasteiger partial charge on any atom is -0.481 e. The summed E-state index contributed by atoms with van der Waals surface area (Å²) in [6.07, 6.45) is 0.349. The van der Waals surface area contributed by atoms with Crippen molar-refractivity contribution in [1.82, 2.24) is 4.90 Å². The summed E-state index contributed by atoms with van der Waals surface area (Å²) in [5.74, 6) is -1.24. The Balaban J connectivity index is 2.47. The van der Waals surface area contributed by atoms with Crippen molar-refractivity contribution in [3.63, 3.8) is 0 Å². The van der Waals surface area contributed by atoms with Crippen LogP contribution in [0.25, 0.3) is 0 Å². The van der Waals surface area contributed by atoms with Gasteiger partial charge in [0.1, 0.15) is 5.60 Å². The lowest BCUT2D eigenvalue weighted by Gasteiger charge is -2.32. The van der Waals surface area contributed by atoms with E-state index in [0.29, 0.717) is 19.4 Å². The largest absolute Gasteiger partial charge is 0.481 e. The number of carboxylic acids is 1. The van der Waals surface area contributed by atoms with E-state index in [0.717, 1.165) is 0 Å². The van der Waals surface area contributed by atoms with E-state index in [1.807, 2.05) is 0 Å². The first-order valence-electron chi connectivity index (χ1n) is 6.41. The summed E-state index contributed by atoms with van der Waals surface area (Å²) in [5.41, 5.74) is -0.583. The number of amides is 1. The number of piperidine rings is 1. The van der Waals surface area contributed by atoms with Crippen molar-refractivity contribution in [2.45, 2.75) is 45.6 Å². The van der Waals surface area contributed by atoms with Gasteiger partial charge in [-0.25, -0.2) is 4.79 Å². The molecule has 1 atom stereocenters. The molecule has 1 saturated heterocycles. The van der Waals surface area contributed by atoms with Gasteiger partial charge >= 0.3 is 12.1 Å². The highest BCUT2D eigenvalue weighted by atomic mass is 16.6. The number of carboxylic acid groups (broad SMARTS) is 1. The highest BCUT2D eigenvalue weighted by Crippen LogP contribution is 2.20. The van der Waals surface area contributed by atoms with E-state index in [4.69, 9.17) is 9.84 Å². The fourth-order valence-corrected chi connectivity index (χ4v) is 1.95. The van der Waals surface area contributed by atoms with Gasteiger partial charge in [-0.3, -0.25) is 9.59 Å². The number of likely N-dealkylation sites (tertiary alicyclic amines) is 1. The summed E-state index contributed by atoms with van der Waals surface area (Å²) in [6.45, 7) is 5.76. The number of hydrogen-bond donors (Lipinski definition) is 1. The molecule has 6 heteroatoms. The van der Waals surface area contributed by atoms with Crippen LogP contribution in [-0.4, -0.2) is 46.5 Å². The Kier molecular flexibility index (Phi) is 4.91. The van der Waals surface area contributed by atoms with Gasteiger partial charge < -0.3 is 14.7 Å². The van der Waals surface area contributed by atoms with Gasteiger partial charge in [0.05, 0.1) is 6.54 Å². The molecule has 0 aromatic heterocycles. The molecule has 1 amide bonds. The van der Waals surface area contributed by atoms with Crippen LogP contribution in [0.3, 0.4) is 0 Å². The van der Waals surface area contributed by atoms with Gasteiger partial charge in [-0.05, 0) is 33.6 Å². The summed E-state index contributed by atoms with van der Waals surface area (Å²) >= 11 is 0. The Bertz CT molecular complexity index is 372. The van der Waals surface area contributed by atoms with Crippen molar-refractivity contribution >= 4 is 17.8 Å². The molecule has 0 aromatic carbocycles. The third-order valence-electron chi connectivity index (χ3n) is 2.91. The number of carbonyl (C=O) groups is 3. The topological polar surface area (TPSA) is 83.9 Å². The minimum atomic E-state index is -0.901. The summed E-state index contributed by atoms with van der Waals surface area (Å²) in [6, 6.07) is 0. The van der Waals surface area contributed by atoms with Crippen molar-refractivity contribution < 1.29 is 24.2 Å². The maximum Gasteiger partial charge on any atom is 0.410 e. The summed E-state index contributed by atoms with van der Waals surface area (Å²) in [4.78, 5) is 35.5. The molecule has 19 heavy (non-hydrogen) atoms. The monoisotopic (exact) mass is 271 g/mol. The molecule has 0 aromatic rings. The third kappa shape index (κ3) is 5.28. The molecule has 1 aliphatic rings. The van der Waals surface area contributed by atoms with E-state index in [-0.39, 0.29) is 24.7 Å². The maximum atomic E-state index is 11.8. The molecule has 1 heterocycles. The second-order valence-electron chi connectivity index (χ2n) is 5.79. The minimum absolute atomic E-state index is 0.0111. The van der Waals surface area contributed by atoms with Gasteiger partial charge in [-0.15, -0.1) is 0 Å². The molecule has 0 saturated carbocycles. The number of rotatable bonds is 3. The molecule has 1 unspecified atom stereocenters. The highest BCUT2D eigenvalue weighted by molar-refractivity contribution is 5.87. The zero-order valence-electron chi connectivity index (χ0n) is 11.6. The summed E-state index contributed by atoms with van der Waals surface area (Å²) in [7, 11) is 0. The van der Waals surface area contributed by atoms with Crippen LogP contribution >= 0.6 is 0 Å². The van der Waals surface area contributed by atoms with E-state index >= 15 is 0 Å². The Morgan fingerprint density at radius 1 is 1.42 bits per heavy atom. The number of carbonyl (C=O) groups excluding carboxylic acids is 2. The van der Waals surface area contributed by atoms with E-state index in [1.165, 1.54) is 4.90 Å². The molecule has 1 rings (SSSR count). The average Bonchev–Trinajstić information content (AvgIpc) is 2.24. The fraction of sp³-hybridized carbons (Fsp3) is 0.769. The van der Waals surface area contributed by atoms with E-state index in [1.54, 1.807) is 20.8 Å². The number of Topliss-reactive ketones (excluding diaryl/α,β-unsaturated/α-hetero) is 1. The SMILES string of the molecule is CC(C)(C)OC(=O)N1CCC(CCC(=O)O)C(=O)C1. The van der Waals surface area contributed by atoms with Crippen LogP contribution in [0.15, 0.2) is 0 Å². The van der Waals surface area contributed by atoms with Gasteiger partial charge in [-0.2, -0.15) is 0 Å². The van der Waals surface area contributed by atoms with Crippen LogP contribution < -0.4 is 0 Å². The number of ether oxygens (including phenoxy) is 1. The van der Waals surface area contributed by atoms with Gasteiger partial charge in [0, 0.05) is 18.9 Å². The molecule has 1 aliphatic heterocycles. The van der Waals surface area contributed by atoms with E-state index in [2.05, 4.69) is 0 Å². The molecule has 0 bridgehead atoms. The Morgan fingerprint density at radius 3 is 2.53 bits per heavy atom. The number of aliphatic carboxylic acids is 1. The van der Waals surface area contributed by atoms with E-state index < -0.39 is 17.7 Å². The standard InChI is InChI=1S/C13H21NO5/c1-13(2,3)19-12(18)14-7-6-9(10(15)8-14)4-5-11(16)17/h9H,4-8H2,1-3H3,(H,16,17). The number of hydrogen-bond acceptors (Lipinski definition) is 4. The lowest BCUT2D eigenvalue weighted by atomic mass is 9.91. The van der Waals surface area contributed by atoms with Gasteiger partial charge in [0.15, 0.2) is 5.78 Å². The lowest BCUT2D eigenvalue weighted by molar-refractivity contribution is -0.137. The van der Waals surface area contributed by atoms with Crippen LogP contribution in [0, 0.1) is 5.92 Å². The molecular formula is C13H21NO5. The second kappa shape index (κ2) is 6.04. The molecule has 0 aliphatic carbocycles. The summed E-state index contributed by atoms with van der Waals surface area (Å²) < 4.78 is 5.20. The lowest BCUT2D eigenvalue weighted by Crippen LogP contribution is -2.46. The molecule has 1 fully saturated rings. The predicted molar refractivity (Wildman–Crippen MR) is 67.8 cm³/mol. The van der Waals surface area contributed by atoms with Crippen molar-refractivity contribution in [2.24, 2.45) is 5.92 Å². The first kappa shape index (κ1) is 15.5. The zero-order valence-corrected chi connectivity index (χ0v) is 11.6. The first-order chi connectivity index (χ1) is 8.69. The van der Waals surface area contributed by atoms with Crippen molar-refractivity contribution in [3.8, 4) is 0 Å². The smallest absolute Gasteiger partial charge is 0.410 e. The van der Waals surface area contributed by atoms with Crippen LogP contribution in [0.4, 0.5) is 4.79 Å². The maximum absolute atomic E-state index is 11.8. The van der Waals surface area contributed by atoms with Crippen molar-refractivity contribution in [3.05, 3.63) is 0 Å².